The molecule has 2 aromatic rings. The fourth-order valence-corrected chi connectivity index (χ4v) is 3.69. The highest BCUT2D eigenvalue weighted by atomic mass is 19.1. The van der Waals surface area contributed by atoms with Crippen LogP contribution in [0.4, 0.5) is 10.2 Å². The molecule has 3 atom stereocenters. The summed E-state index contributed by atoms with van der Waals surface area (Å²) in [5.74, 6) is 0.537. The van der Waals surface area contributed by atoms with Crippen molar-refractivity contribution in [1.82, 2.24) is 4.98 Å². The zero-order valence-corrected chi connectivity index (χ0v) is 12.1. The number of nitrogens with one attached hydrogen (secondary N) is 1. The number of halogens is 1. The zero-order valence-electron chi connectivity index (χ0n) is 12.1. The van der Waals surface area contributed by atoms with Crippen LogP contribution in [0.5, 0.6) is 0 Å². The predicted molar refractivity (Wildman–Crippen MR) is 79.7 cm³/mol. The normalized spacial score (nSPS) is 27.2. The maximum Gasteiger partial charge on any atom is 0.291 e. The van der Waals surface area contributed by atoms with Crippen LogP contribution in [-0.4, -0.2) is 23.5 Å². The SMILES string of the molecule is O=C1C2CCC[NH+]2C(c2ccc(F)cc2)N1c1ccccn1. The first-order chi connectivity index (χ1) is 10.8. The van der Waals surface area contributed by atoms with Crippen LogP contribution >= 0.6 is 0 Å². The standard InChI is InChI=1S/C17H16FN3O/c18-13-8-6-12(7-9-13)16-20-11-3-4-14(20)17(22)21(16)15-5-1-2-10-19-15/h1-2,5-10,14,16H,3-4,11H2/p+1. The van der Waals surface area contributed by atoms with E-state index in [1.165, 1.54) is 17.0 Å². The van der Waals surface area contributed by atoms with Crippen molar-refractivity contribution in [1.29, 1.82) is 0 Å². The lowest BCUT2D eigenvalue weighted by Gasteiger charge is -2.25. The van der Waals surface area contributed by atoms with Crippen molar-refractivity contribution in [2.45, 2.75) is 25.0 Å². The number of carbonyl (C=O) groups is 1. The minimum atomic E-state index is -0.259. The molecule has 5 heteroatoms. The molecule has 22 heavy (non-hydrogen) atoms. The summed E-state index contributed by atoms with van der Waals surface area (Å²) in [4.78, 5) is 20.2. The lowest BCUT2D eigenvalue weighted by molar-refractivity contribution is -0.924. The molecular formula is C17H17FN3O+. The Balaban J connectivity index is 1.80. The molecule has 0 bridgehead atoms. The third-order valence-corrected chi connectivity index (χ3v) is 4.63. The van der Waals surface area contributed by atoms with Gasteiger partial charge in [0.2, 0.25) is 0 Å². The van der Waals surface area contributed by atoms with Crippen molar-refractivity contribution in [3.05, 3.63) is 60.0 Å². The van der Waals surface area contributed by atoms with E-state index in [4.69, 9.17) is 0 Å². The van der Waals surface area contributed by atoms with E-state index in [0.717, 1.165) is 24.9 Å². The Labute approximate surface area is 128 Å². The van der Waals surface area contributed by atoms with Crippen LogP contribution in [0.15, 0.2) is 48.7 Å². The summed E-state index contributed by atoms with van der Waals surface area (Å²) in [7, 11) is 0. The highest BCUT2D eigenvalue weighted by Gasteiger charge is 2.53. The van der Waals surface area contributed by atoms with Gasteiger partial charge in [-0.2, -0.15) is 0 Å². The van der Waals surface area contributed by atoms with Crippen molar-refractivity contribution in [2.75, 3.05) is 11.4 Å². The summed E-state index contributed by atoms with van der Waals surface area (Å²) >= 11 is 0. The van der Waals surface area contributed by atoms with Crippen LogP contribution in [0.3, 0.4) is 0 Å². The van der Waals surface area contributed by atoms with Gasteiger partial charge in [0, 0.05) is 24.6 Å². The number of aromatic nitrogens is 1. The first-order valence-corrected chi connectivity index (χ1v) is 7.61. The molecule has 4 nitrogen and oxygen atoms in total. The van der Waals surface area contributed by atoms with Crippen molar-refractivity contribution >= 4 is 11.7 Å². The van der Waals surface area contributed by atoms with Gasteiger partial charge in [0.25, 0.3) is 5.91 Å². The lowest BCUT2D eigenvalue weighted by atomic mass is 10.1. The smallest absolute Gasteiger partial charge is 0.291 e. The molecule has 2 saturated heterocycles. The van der Waals surface area contributed by atoms with Gasteiger partial charge in [-0.25, -0.2) is 14.3 Å². The first-order valence-electron chi connectivity index (χ1n) is 7.61. The highest BCUT2D eigenvalue weighted by molar-refractivity contribution is 5.97. The molecule has 2 aliphatic heterocycles. The number of hydrogen-bond donors (Lipinski definition) is 1. The van der Waals surface area contributed by atoms with Gasteiger partial charge in [-0.1, -0.05) is 6.07 Å². The Morgan fingerprint density at radius 3 is 2.73 bits per heavy atom. The number of fused-ring (bicyclic) bond motifs is 1. The van der Waals surface area contributed by atoms with Gasteiger partial charge in [0.15, 0.2) is 12.2 Å². The summed E-state index contributed by atoms with van der Waals surface area (Å²) in [5, 5.41) is 0. The van der Waals surface area contributed by atoms with Crippen molar-refractivity contribution < 1.29 is 14.1 Å². The maximum absolute atomic E-state index is 13.2. The van der Waals surface area contributed by atoms with E-state index < -0.39 is 0 Å². The predicted octanol–water partition coefficient (Wildman–Crippen LogP) is 1.31. The van der Waals surface area contributed by atoms with Gasteiger partial charge in [-0.15, -0.1) is 0 Å². The first kappa shape index (κ1) is 13.4. The monoisotopic (exact) mass is 298 g/mol. The molecule has 3 unspecified atom stereocenters. The van der Waals surface area contributed by atoms with E-state index >= 15 is 0 Å². The Hall–Kier alpha value is -2.27. The summed E-state index contributed by atoms with van der Waals surface area (Å²) in [5.41, 5.74) is 0.958. The molecule has 1 aromatic heterocycles. The van der Waals surface area contributed by atoms with Crippen molar-refractivity contribution in [3.8, 4) is 0 Å². The van der Waals surface area contributed by atoms with Gasteiger partial charge in [-0.3, -0.25) is 4.79 Å². The third kappa shape index (κ3) is 2.01. The van der Waals surface area contributed by atoms with Crippen molar-refractivity contribution in [2.24, 2.45) is 0 Å². The molecular weight excluding hydrogens is 281 g/mol. The van der Waals surface area contributed by atoms with Gasteiger partial charge in [0.05, 0.1) is 6.54 Å². The van der Waals surface area contributed by atoms with Crippen LogP contribution < -0.4 is 9.80 Å². The van der Waals surface area contributed by atoms with Gasteiger partial charge >= 0.3 is 0 Å². The highest BCUT2D eigenvalue weighted by Crippen LogP contribution is 2.29. The number of carbonyl (C=O) groups excluding carboxylic acids is 1. The maximum atomic E-state index is 13.2. The second-order valence-electron chi connectivity index (χ2n) is 5.87. The number of rotatable bonds is 2. The molecule has 2 fully saturated rings. The average molecular weight is 298 g/mol. The van der Waals surface area contributed by atoms with E-state index in [9.17, 15) is 9.18 Å². The quantitative estimate of drug-likeness (QED) is 0.908. The Morgan fingerprint density at radius 1 is 1.18 bits per heavy atom. The van der Waals surface area contributed by atoms with E-state index in [1.54, 1.807) is 23.2 Å². The summed E-state index contributed by atoms with van der Waals surface area (Å²) < 4.78 is 13.2. The molecule has 0 radical (unpaired) electrons. The number of benzene rings is 1. The Morgan fingerprint density at radius 2 is 2.00 bits per heavy atom. The van der Waals surface area contributed by atoms with Crippen LogP contribution in [0.1, 0.15) is 24.6 Å². The lowest BCUT2D eigenvalue weighted by Crippen LogP contribution is -3.12. The van der Waals surface area contributed by atoms with Gasteiger partial charge < -0.3 is 4.90 Å². The van der Waals surface area contributed by atoms with Gasteiger partial charge in [0.1, 0.15) is 11.6 Å². The number of quaternary nitrogens is 1. The summed E-state index contributed by atoms with van der Waals surface area (Å²) in [6, 6.07) is 12.0. The fraction of sp³-hybridized carbons (Fsp3) is 0.294. The fourth-order valence-electron chi connectivity index (χ4n) is 3.69. The van der Waals surface area contributed by atoms with Crippen LogP contribution in [0.25, 0.3) is 0 Å². The Bertz CT molecular complexity index is 689. The zero-order chi connectivity index (χ0) is 15.1. The number of pyridine rings is 1. The summed E-state index contributed by atoms with van der Waals surface area (Å²) in [6.45, 7) is 0.960. The topological polar surface area (TPSA) is 37.6 Å². The Kier molecular flexibility index (Phi) is 3.15. The third-order valence-electron chi connectivity index (χ3n) is 4.63. The second-order valence-corrected chi connectivity index (χ2v) is 5.87. The minimum absolute atomic E-state index is 0.00272. The summed E-state index contributed by atoms with van der Waals surface area (Å²) in [6.07, 6.45) is 3.55. The molecule has 4 rings (SSSR count). The minimum Gasteiger partial charge on any atom is -0.301 e. The average Bonchev–Trinajstić information content (AvgIpc) is 3.12. The van der Waals surface area contributed by atoms with E-state index in [0.29, 0.717) is 5.82 Å². The van der Waals surface area contributed by atoms with Gasteiger partial charge in [-0.05, 0) is 36.4 Å². The molecule has 3 heterocycles. The molecule has 112 valence electrons. The number of amides is 1. The van der Waals surface area contributed by atoms with Crippen LogP contribution in [0.2, 0.25) is 0 Å². The molecule has 0 spiro atoms. The second kappa shape index (κ2) is 5.18. The van der Waals surface area contributed by atoms with E-state index in [2.05, 4.69) is 4.98 Å². The number of nitrogens with zero attached hydrogens (tertiary/aromatic N) is 2. The number of hydrogen-bond acceptors (Lipinski definition) is 2. The molecule has 1 N–H and O–H groups in total. The molecule has 2 aliphatic rings. The largest absolute Gasteiger partial charge is 0.301 e. The van der Waals surface area contributed by atoms with E-state index in [-0.39, 0.29) is 23.9 Å². The molecule has 1 amide bonds. The van der Waals surface area contributed by atoms with Crippen LogP contribution in [-0.2, 0) is 4.79 Å². The van der Waals surface area contributed by atoms with Crippen molar-refractivity contribution in [3.63, 3.8) is 0 Å². The van der Waals surface area contributed by atoms with Crippen LogP contribution in [0, 0.1) is 5.82 Å². The molecule has 0 aliphatic carbocycles. The molecule has 1 aromatic carbocycles. The number of anilines is 1. The molecule has 0 saturated carbocycles. The van der Waals surface area contributed by atoms with E-state index in [1.807, 2.05) is 18.2 Å².